The summed E-state index contributed by atoms with van der Waals surface area (Å²) in [5, 5.41) is 0. The van der Waals surface area contributed by atoms with E-state index in [0.29, 0.717) is 12.1 Å². The third kappa shape index (κ3) is 3.17. The molecule has 0 bridgehead atoms. The molecule has 2 rings (SSSR count). The molecule has 2 aliphatic heterocycles. The van der Waals surface area contributed by atoms with Crippen molar-refractivity contribution in [1.29, 1.82) is 0 Å². The third-order valence-corrected chi connectivity index (χ3v) is 3.99. The van der Waals surface area contributed by atoms with Crippen LogP contribution in [0.3, 0.4) is 0 Å². The number of nitrogens with two attached hydrogens (primary N) is 1. The molecule has 2 unspecified atom stereocenters. The van der Waals surface area contributed by atoms with E-state index in [4.69, 9.17) is 5.73 Å². The Labute approximate surface area is 99.4 Å². The molecule has 2 saturated heterocycles. The van der Waals surface area contributed by atoms with E-state index >= 15 is 0 Å². The van der Waals surface area contributed by atoms with Gasteiger partial charge in [-0.25, -0.2) is 0 Å². The molecule has 2 heterocycles. The summed E-state index contributed by atoms with van der Waals surface area (Å²) >= 11 is 0. The van der Waals surface area contributed by atoms with Crippen LogP contribution in [0.5, 0.6) is 0 Å². The smallest absolute Gasteiger partial charge is 0.0347 e. The molecule has 2 aliphatic rings. The monoisotopic (exact) mass is 226 g/mol. The van der Waals surface area contributed by atoms with Gasteiger partial charge in [0.15, 0.2) is 0 Å². The Hall–Kier alpha value is -0.160. The van der Waals surface area contributed by atoms with E-state index in [-0.39, 0.29) is 0 Å². The summed E-state index contributed by atoms with van der Waals surface area (Å²) < 4.78 is 0. The van der Waals surface area contributed by atoms with Gasteiger partial charge >= 0.3 is 0 Å². The summed E-state index contributed by atoms with van der Waals surface area (Å²) in [5.74, 6) is 0. The fraction of sp³-hybridized carbons (Fsp3) is 1.00. The van der Waals surface area contributed by atoms with Gasteiger partial charge in [-0.2, -0.15) is 0 Å². The van der Waals surface area contributed by atoms with E-state index in [1.165, 1.54) is 45.6 Å². The van der Waals surface area contributed by atoms with Crippen LogP contribution in [0.4, 0.5) is 0 Å². The highest BCUT2D eigenvalue weighted by molar-refractivity contribution is 4.84. The van der Waals surface area contributed by atoms with Crippen LogP contribution in [-0.4, -0.2) is 80.1 Å². The van der Waals surface area contributed by atoms with Gasteiger partial charge in [-0.05, 0) is 33.5 Å². The number of likely N-dealkylation sites (N-methyl/N-ethyl adjacent to an activating group) is 2. The predicted octanol–water partition coefficient (Wildman–Crippen LogP) is -0.345. The van der Waals surface area contributed by atoms with Crippen LogP contribution in [0.15, 0.2) is 0 Å². The maximum absolute atomic E-state index is 6.03. The van der Waals surface area contributed by atoms with E-state index < -0.39 is 0 Å². The number of piperidine rings is 1. The van der Waals surface area contributed by atoms with E-state index in [2.05, 4.69) is 28.8 Å². The molecule has 0 amide bonds. The van der Waals surface area contributed by atoms with Gasteiger partial charge < -0.3 is 15.5 Å². The van der Waals surface area contributed by atoms with Crippen molar-refractivity contribution in [3.8, 4) is 0 Å². The molecule has 0 radical (unpaired) electrons. The fourth-order valence-corrected chi connectivity index (χ4v) is 2.85. The van der Waals surface area contributed by atoms with Crippen LogP contribution in [0, 0.1) is 0 Å². The van der Waals surface area contributed by atoms with Crippen molar-refractivity contribution in [3.63, 3.8) is 0 Å². The van der Waals surface area contributed by atoms with Crippen LogP contribution in [0.1, 0.15) is 12.8 Å². The molecular weight excluding hydrogens is 200 g/mol. The summed E-state index contributed by atoms with van der Waals surface area (Å²) in [5.41, 5.74) is 6.03. The van der Waals surface area contributed by atoms with Gasteiger partial charge in [0, 0.05) is 44.8 Å². The number of nitrogens with zero attached hydrogens (tertiary/aromatic N) is 3. The second kappa shape index (κ2) is 5.45. The van der Waals surface area contributed by atoms with Crippen LogP contribution in [0.25, 0.3) is 0 Å². The summed E-state index contributed by atoms with van der Waals surface area (Å²) in [4.78, 5) is 7.49. The minimum Gasteiger partial charge on any atom is -0.327 e. The number of hydrogen-bond acceptors (Lipinski definition) is 4. The zero-order valence-corrected chi connectivity index (χ0v) is 10.7. The van der Waals surface area contributed by atoms with E-state index in [9.17, 15) is 0 Å². The standard InChI is InChI=1S/C12H26N4/c1-14-6-7-15(2)12(9-14)10-16-5-3-4-11(13)8-16/h11-12H,3-10,13H2,1-2H3. The first kappa shape index (κ1) is 12.3. The van der Waals surface area contributed by atoms with E-state index in [0.717, 1.165) is 6.54 Å². The highest BCUT2D eigenvalue weighted by Gasteiger charge is 2.26. The molecular formula is C12H26N4. The van der Waals surface area contributed by atoms with Crippen molar-refractivity contribution in [3.05, 3.63) is 0 Å². The maximum Gasteiger partial charge on any atom is 0.0347 e. The van der Waals surface area contributed by atoms with Crippen molar-refractivity contribution in [2.24, 2.45) is 5.73 Å². The quantitative estimate of drug-likeness (QED) is 0.698. The van der Waals surface area contributed by atoms with Crippen molar-refractivity contribution in [2.45, 2.75) is 24.9 Å². The predicted molar refractivity (Wildman–Crippen MR) is 67.6 cm³/mol. The van der Waals surface area contributed by atoms with Crippen molar-refractivity contribution >= 4 is 0 Å². The molecule has 4 nitrogen and oxygen atoms in total. The molecule has 94 valence electrons. The van der Waals surface area contributed by atoms with Gasteiger partial charge in [0.25, 0.3) is 0 Å². The Bertz CT molecular complexity index is 221. The van der Waals surface area contributed by atoms with Gasteiger partial charge in [0.05, 0.1) is 0 Å². The molecule has 4 heteroatoms. The number of hydrogen-bond donors (Lipinski definition) is 1. The Balaban J connectivity index is 1.82. The average molecular weight is 226 g/mol. The second-order valence-corrected chi connectivity index (χ2v) is 5.56. The average Bonchev–Trinajstić information content (AvgIpc) is 2.24. The van der Waals surface area contributed by atoms with E-state index in [1.54, 1.807) is 0 Å². The maximum atomic E-state index is 6.03. The molecule has 0 aromatic heterocycles. The minimum atomic E-state index is 0.403. The Kier molecular flexibility index (Phi) is 4.19. The molecule has 0 aromatic carbocycles. The Morgan fingerprint density at radius 3 is 2.69 bits per heavy atom. The SMILES string of the molecule is CN1CCN(C)C(CN2CCCC(N)C2)C1. The molecule has 0 aromatic rings. The highest BCUT2D eigenvalue weighted by atomic mass is 15.3. The zero-order valence-electron chi connectivity index (χ0n) is 10.7. The van der Waals surface area contributed by atoms with Gasteiger partial charge in [0.1, 0.15) is 0 Å². The van der Waals surface area contributed by atoms with Crippen LogP contribution < -0.4 is 5.73 Å². The normalized spacial score (nSPS) is 35.4. The second-order valence-electron chi connectivity index (χ2n) is 5.56. The first-order chi connectivity index (χ1) is 7.65. The molecule has 0 spiro atoms. The summed E-state index contributed by atoms with van der Waals surface area (Å²) in [6, 6.07) is 1.09. The van der Waals surface area contributed by atoms with Crippen molar-refractivity contribution in [2.75, 3.05) is 53.4 Å². The molecule has 2 fully saturated rings. The van der Waals surface area contributed by atoms with Crippen LogP contribution in [0.2, 0.25) is 0 Å². The molecule has 0 saturated carbocycles. The summed E-state index contributed by atoms with van der Waals surface area (Å²) in [7, 11) is 4.48. The molecule has 2 N–H and O–H groups in total. The van der Waals surface area contributed by atoms with Crippen LogP contribution in [-0.2, 0) is 0 Å². The lowest BCUT2D eigenvalue weighted by Gasteiger charge is -2.41. The van der Waals surface area contributed by atoms with Gasteiger partial charge in [0.2, 0.25) is 0 Å². The van der Waals surface area contributed by atoms with Gasteiger partial charge in [-0.15, -0.1) is 0 Å². The van der Waals surface area contributed by atoms with Crippen LogP contribution >= 0.6 is 0 Å². The molecule has 16 heavy (non-hydrogen) atoms. The number of likely N-dealkylation sites (tertiary alicyclic amines) is 1. The first-order valence-corrected chi connectivity index (χ1v) is 6.52. The lowest BCUT2D eigenvalue weighted by molar-refractivity contribution is 0.0733. The number of rotatable bonds is 2. The van der Waals surface area contributed by atoms with E-state index in [1.807, 2.05) is 0 Å². The van der Waals surface area contributed by atoms with Gasteiger partial charge in [-0.1, -0.05) is 0 Å². The largest absolute Gasteiger partial charge is 0.327 e. The lowest BCUT2D eigenvalue weighted by atomic mass is 10.1. The Morgan fingerprint density at radius 2 is 1.94 bits per heavy atom. The highest BCUT2D eigenvalue weighted by Crippen LogP contribution is 2.12. The minimum absolute atomic E-state index is 0.403. The summed E-state index contributed by atoms with van der Waals surface area (Å²) in [6.07, 6.45) is 2.48. The Morgan fingerprint density at radius 1 is 1.12 bits per heavy atom. The number of piperazine rings is 1. The molecule has 2 atom stereocenters. The summed E-state index contributed by atoms with van der Waals surface area (Å²) in [6.45, 7) is 7.11. The van der Waals surface area contributed by atoms with Crippen molar-refractivity contribution in [1.82, 2.24) is 14.7 Å². The van der Waals surface area contributed by atoms with Crippen molar-refractivity contribution < 1.29 is 0 Å². The lowest BCUT2D eigenvalue weighted by Crippen LogP contribution is -2.56. The first-order valence-electron chi connectivity index (χ1n) is 6.52. The zero-order chi connectivity index (χ0) is 11.5. The van der Waals surface area contributed by atoms with Gasteiger partial charge in [-0.3, -0.25) is 4.90 Å². The third-order valence-electron chi connectivity index (χ3n) is 3.99. The topological polar surface area (TPSA) is 35.7 Å². The fourth-order valence-electron chi connectivity index (χ4n) is 2.85. The molecule has 0 aliphatic carbocycles.